The second kappa shape index (κ2) is 4.63. The van der Waals surface area contributed by atoms with Gasteiger partial charge < -0.3 is 15.3 Å². The van der Waals surface area contributed by atoms with E-state index in [2.05, 4.69) is 15.2 Å². The van der Waals surface area contributed by atoms with Crippen molar-refractivity contribution in [3.63, 3.8) is 0 Å². The van der Waals surface area contributed by atoms with Crippen LogP contribution < -0.4 is 5.32 Å². The number of hydrogen-bond acceptors (Lipinski definition) is 4. The summed E-state index contributed by atoms with van der Waals surface area (Å²) in [5.41, 5.74) is 0.999. The molecule has 4 heterocycles. The Morgan fingerprint density at radius 1 is 1.35 bits per heavy atom. The lowest BCUT2D eigenvalue weighted by Gasteiger charge is -2.45. The maximum atomic E-state index is 9.17. The van der Waals surface area contributed by atoms with Gasteiger partial charge in [0.05, 0.1) is 11.9 Å². The highest BCUT2D eigenvalue weighted by Crippen LogP contribution is 2.27. The van der Waals surface area contributed by atoms with E-state index < -0.39 is 0 Å². The second-order valence-corrected chi connectivity index (χ2v) is 5.13. The molecule has 2 bridgehead atoms. The number of rotatable bonds is 3. The van der Waals surface area contributed by atoms with Crippen LogP contribution in [0.1, 0.15) is 18.5 Å². The first kappa shape index (κ1) is 11.0. The predicted molar refractivity (Wildman–Crippen MR) is 65.7 cm³/mol. The predicted octanol–water partition coefficient (Wildman–Crippen LogP) is 0.971. The Labute approximate surface area is 102 Å². The minimum absolute atomic E-state index is 0.233. The first-order chi connectivity index (χ1) is 8.31. The van der Waals surface area contributed by atoms with E-state index >= 15 is 0 Å². The highest BCUT2D eigenvalue weighted by Gasteiger charge is 2.33. The first-order valence-corrected chi connectivity index (χ1v) is 6.41. The summed E-state index contributed by atoms with van der Waals surface area (Å²) in [5, 5.41) is 12.8. The maximum Gasteiger partial charge on any atom is 0.133 e. The lowest BCUT2D eigenvalue weighted by atomic mass is 9.84. The summed E-state index contributed by atoms with van der Waals surface area (Å²) in [6, 6.07) is 4.19. The number of hydrogen-bond donors (Lipinski definition) is 2. The molecule has 2 N–H and O–H groups in total. The lowest BCUT2D eigenvalue weighted by Crippen LogP contribution is -2.55. The number of aromatic nitrogens is 1. The summed E-state index contributed by atoms with van der Waals surface area (Å²) >= 11 is 0. The van der Waals surface area contributed by atoms with E-state index in [1.54, 1.807) is 6.07 Å². The van der Waals surface area contributed by atoms with Crippen molar-refractivity contribution in [1.29, 1.82) is 0 Å². The van der Waals surface area contributed by atoms with Gasteiger partial charge in [0.1, 0.15) is 5.75 Å². The molecule has 3 saturated heterocycles. The van der Waals surface area contributed by atoms with E-state index in [-0.39, 0.29) is 5.75 Å². The number of aromatic hydroxyl groups is 1. The van der Waals surface area contributed by atoms with E-state index in [1.807, 2.05) is 6.07 Å². The van der Waals surface area contributed by atoms with Crippen molar-refractivity contribution in [3.8, 4) is 5.75 Å². The third-order valence-corrected chi connectivity index (χ3v) is 4.01. The molecular formula is C13H19N3O. The molecule has 17 heavy (non-hydrogen) atoms. The number of pyridine rings is 1. The molecular weight excluding hydrogens is 214 g/mol. The van der Waals surface area contributed by atoms with E-state index in [9.17, 15) is 0 Å². The Morgan fingerprint density at radius 3 is 2.76 bits per heavy atom. The fraction of sp³-hybridized carbons (Fsp3) is 0.615. The molecule has 0 aliphatic carbocycles. The largest absolute Gasteiger partial charge is 0.506 e. The van der Waals surface area contributed by atoms with Crippen LogP contribution in [0.5, 0.6) is 5.75 Å². The van der Waals surface area contributed by atoms with E-state index in [1.165, 1.54) is 38.7 Å². The fourth-order valence-electron chi connectivity index (χ4n) is 2.95. The van der Waals surface area contributed by atoms with Gasteiger partial charge in [-0.1, -0.05) is 0 Å². The number of fused-ring (bicyclic) bond motifs is 3. The minimum atomic E-state index is 0.233. The van der Waals surface area contributed by atoms with Crippen LogP contribution >= 0.6 is 0 Å². The molecule has 3 fully saturated rings. The van der Waals surface area contributed by atoms with Crippen LogP contribution in [0, 0.1) is 5.92 Å². The van der Waals surface area contributed by atoms with Crippen LogP contribution in [0.3, 0.4) is 0 Å². The van der Waals surface area contributed by atoms with Gasteiger partial charge in [-0.15, -0.1) is 0 Å². The van der Waals surface area contributed by atoms with Crippen molar-refractivity contribution < 1.29 is 5.11 Å². The zero-order chi connectivity index (χ0) is 11.7. The molecule has 0 aromatic carbocycles. The van der Waals surface area contributed by atoms with Crippen molar-refractivity contribution in [1.82, 2.24) is 15.2 Å². The molecule has 92 valence electrons. The van der Waals surface area contributed by atoms with Crippen molar-refractivity contribution in [3.05, 3.63) is 24.0 Å². The molecule has 4 heteroatoms. The summed E-state index contributed by atoms with van der Waals surface area (Å²) in [6.45, 7) is 4.54. The van der Waals surface area contributed by atoms with Gasteiger partial charge in [0.15, 0.2) is 0 Å². The molecule has 0 amide bonds. The number of nitrogens with zero attached hydrogens (tertiary/aromatic N) is 2. The van der Waals surface area contributed by atoms with E-state index in [0.717, 1.165) is 18.2 Å². The van der Waals surface area contributed by atoms with Crippen LogP contribution in [-0.2, 0) is 6.54 Å². The van der Waals surface area contributed by atoms with Crippen molar-refractivity contribution in [2.24, 2.45) is 5.92 Å². The average molecular weight is 233 g/mol. The normalized spacial score (nSPS) is 31.6. The molecule has 0 spiro atoms. The van der Waals surface area contributed by atoms with Crippen molar-refractivity contribution >= 4 is 0 Å². The quantitative estimate of drug-likeness (QED) is 0.817. The van der Waals surface area contributed by atoms with Crippen LogP contribution in [0.15, 0.2) is 18.3 Å². The van der Waals surface area contributed by atoms with Crippen molar-refractivity contribution in [2.45, 2.75) is 25.4 Å². The minimum Gasteiger partial charge on any atom is -0.506 e. The van der Waals surface area contributed by atoms with E-state index in [0.29, 0.717) is 6.04 Å². The van der Waals surface area contributed by atoms with Gasteiger partial charge >= 0.3 is 0 Å². The highest BCUT2D eigenvalue weighted by molar-refractivity contribution is 5.17. The summed E-state index contributed by atoms with van der Waals surface area (Å²) in [6.07, 6.45) is 4.18. The van der Waals surface area contributed by atoms with Gasteiger partial charge in [0.2, 0.25) is 0 Å². The van der Waals surface area contributed by atoms with E-state index in [4.69, 9.17) is 5.11 Å². The van der Waals surface area contributed by atoms with Gasteiger partial charge in [-0.05, 0) is 44.0 Å². The van der Waals surface area contributed by atoms with Crippen LogP contribution in [0.2, 0.25) is 0 Å². The zero-order valence-electron chi connectivity index (χ0n) is 9.97. The Bertz CT molecular complexity index is 371. The average Bonchev–Trinajstić information content (AvgIpc) is 2.39. The Kier molecular flexibility index (Phi) is 2.99. The van der Waals surface area contributed by atoms with Gasteiger partial charge in [0.25, 0.3) is 0 Å². The summed E-state index contributed by atoms with van der Waals surface area (Å²) in [4.78, 5) is 6.74. The van der Waals surface area contributed by atoms with Gasteiger partial charge in [-0.3, -0.25) is 4.98 Å². The van der Waals surface area contributed by atoms with Gasteiger partial charge in [-0.2, -0.15) is 0 Å². The van der Waals surface area contributed by atoms with Crippen molar-refractivity contribution in [2.75, 3.05) is 19.6 Å². The number of nitrogens with one attached hydrogen (secondary N) is 1. The van der Waals surface area contributed by atoms with Gasteiger partial charge in [0, 0.05) is 19.1 Å². The standard InChI is InChI=1S/C13H19N3O/c17-12-2-1-11(14-8-12)7-15-13-9-16-5-3-10(13)4-6-16/h1-2,8,10,13,15,17H,3-7,9H2. The molecule has 1 atom stereocenters. The van der Waals surface area contributed by atoms with Gasteiger partial charge in [-0.25, -0.2) is 0 Å². The Hall–Kier alpha value is -1.13. The Balaban J connectivity index is 1.56. The smallest absolute Gasteiger partial charge is 0.133 e. The summed E-state index contributed by atoms with van der Waals surface area (Å²) in [7, 11) is 0. The molecule has 3 aliphatic heterocycles. The zero-order valence-corrected chi connectivity index (χ0v) is 9.97. The van der Waals surface area contributed by atoms with Crippen LogP contribution in [0.25, 0.3) is 0 Å². The molecule has 0 radical (unpaired) electrons. The maximum absolute atomic E-state index is 9.17. The van der Waals surface area contributed by atoms with Crippen LogP contribution in [-0.4, -0.2) is 40.7 Å². The Morgan fingerprint density at radius 2 is 2.18 bits per heavy atom. The first-order valence-electron chi connectivity index (χ1n) is 6.41. The third-order valence-electron chi connectivity index (χ3n) is 4.01. The monoisotopic (exact) mass is 233 g/mol. The fourth-order valence-corrected chi connectivity index (χ4v) is 2.95. The third kappa shape index (κ3) is 2.42. The molecule has 1 aromatic rings. The SMILES string of the molecule is Oc1ccc(CNC2CN3CCC2CC3)nc1. The summed E-state index contributed by atoms with van der Waals surface area (Å²) < 4.78 is 0. The molecule has 1 unspecified atom stereocenters. The highest BCUT2D eigenvalue weighted by atomic mass is 16.3. The lowest BCUT2D eigenvalue weighted by molar-refractivity contribution is 0.0718. The molecule has 3 aliphatic rings. The topological polar surface area (TPSA) is 48.4 Å². The number of piperidine rings is 3. The molecule has 1 aromatic heterocycles. The van der Waals surface area contributed by atoms with Crippen LogP contribution in [0.4, 0.5) is 0 Å². The summed E-state index contributed by atoms with van der Waals surface area (Å²) in [5.74, 6) is 1.08. The molecule has 4 rings (SSSR count). The second-order valence-electron chi connectivity index (χ2n) is 5.13. The molecule has 4 nitrogen and oxygen atoms in total. The molecule has 0 saturated carbocycles.